The van der Waals surface area contributed by atoms with Crippen LogP contribution in [0.15, 0.2) is 23.1 Å². The van der Waals surface area contributed by atoms with Crippen molar-refractivity contribution in [3.63, 3.8) is 0 Å². The lowest BCUT2D eigenvalue weighted by Gasteiger charge is -2.39. The maximum absolute atomic E-state index is 12.6. The van der Waals surface area contributed by atoms with Crippen molar-refractivity contribution in [1.29, 1.82) is 0 Å². The van der Waals surface area contributed by atoms with Gasteiger partial charge >= 0.3 is 0 Å². The maximum atomic E-state index is 12.6. The van der Waals surface area contributed by atoms with E-state index in [1.807, 2.05) is 13.8 Å². The van der Waals surface area contributed by atoms with E-state index in [1.54, 1.807) is 13.0 Å². The van der Waals surface area contributed by atoms with Crippen LogP contribution in [0.1, 0.15) is 25.8 Å². The number of rotatable bonds is 3. The van der Waals surface area contributed by atoms with Crippen molar-refractivity contribution in [2.45, 2.75) is 38.2 Å². The Bertz CT molecular complexity index is 937. The van der Waals surface area contributed by atoms with Crippen LogP contribution in [0.3, 0.4) is 0 Å². The Balaban J connectivity index is 2.00. The minimum absolute atomic E-state index is 0.0219. The molecule has 134 valence electrons. The molecule has 1 aromatic heterocycles. The summed E-state index contributed by atoms with van der Waals surface area (Å²) < 4.78 is 33.4. The molecule has 0 bridgehead atoms. The first kappa shape index (κ1) is 17.6. The molecule has 0 atom stereocenters. The Morgan fingerprint density at radius 1 is 1.36 bits per heavy atom. The highest BCUT2D eigenvalue weighted by Gasteiger charge is 2.34. The molecule has 0 unspecified atom stereocenters. The number of fused-ring (bicyclic) bond motifs is 1. The summed E-state index contributed by atoms with van der Waals surface area (Å²) in [6.07, 6.45) is 0. The molecule has 0 saturated carbocycles. The Morgan fingerprint density at radius 3 is 2.68 bits per heavy atom. The van der Waals surface area contributed by atoms with E-state index in [-0.39, 0.29) is 15.9 Å². The van der Waals surface area contributed by atoms with Crippen LogP contribution in [-0.4, -0.2) is 36.7 Å². The molecule has 0 radical (unpaired) electrons. The summed E-state index contributed by atoms with van der Waals surface area (Å²) in [6.45, 7) is 7.25. The first-order valence-electron chi connectivity index (χ1n) is 7.51. The number of nitrogens with one attached hydrogen (secondary N) is 1. The number of amides is 1. The zero-order chi connectivity index (χ0) is 18.4. The van der Waals surface area contributed by atoms with Crippen LogP contribution in [-0.2, 0) is 14.8 Å². The van der Waals surface area contributed by atoms with Crippen LogP contribution in [0, 0.1) is 6.92 Å². The monoisotopic (exact) mass is 382 g/mol. The topological polar surface area (TPSA) is 101 Å². The Kier molecular flexibility index (Phi) is 4.20. The normalized spacial score (nSPS) is 16.1. The minimum atomic E-state index is -3.85. The largest absolute Gasteiger partial charge is 0.484 e. The summed E-state index contributed by atoms with van der Waals surface area (Å²) in [5.74, 6) is 0.289. The predicted molar refractivity (Wildman–Crippen MR) is 94.6 cm³/mol. The van der Waals surface area contributed by atoms with Gasteiger partial charge in [0.2, 0.25) is 11.0 Å². The number of hydrogen-bond acceptors (Lipinski definition) is 7. The lowest BCUT2D eigenvalue weighted by atomic mass is 10.1. The predicted octanol–water partition coefficient (Wildman–Crippen LogP) is 2.17. The summed E-state index contributed by atoms with van der Waals surface area (Å²) in [6, 6.07) is 4.43. The molecule has 1 N–H and O–H groups in total. The molecular formula is C15H18N4O4S2. The van der Waals surface area contributed by atoms with Gasteiger partial charge < -0.3 is 9.64 Å². The third kappa shape index (κ3) is 3.59. The zero-order valence-electron chi connectivity index (χ0n) is 14.2. The van der Waals surface area contributed by atoms with Crippen molar-refractivity contribution >= 4 is 38.1 Å². The van der Waals surface area contributed by atoms with E-state index in [2.05, 4.69) is 14.9 Å². The second-order valence-electron chi connectivity index (χ2n) is 6.33. The van der Waals surface area contributed by atoms with E-state index in [4.69, 9.17) is 4.74 Å². The molecular weight excluding hydrogens is 364 g/mol. The number of carbonyl (C=O) groups excluding carboxylic acids is 1. The van der Waals surface area contributed by atoms with Crippen LogP contribution in [0.4, 0.5) is 10.8 Å². The minimum Gasteiger partial charge on any atom is -0.484 e. The highest BCUT2D eigenvalue weighted by atomic mass is 32.2. The van der Waals surface area contributed by atoms with E-state index < -0.39 is 15.6 Å². The molecule has 3 rings (SSSR count). The van der Waals surface area contributed by atoms with Gasteiger partial charge in [-0.15, -0.1) is 10.2 Å². The van der Waals surface area contributed by atoms with Gasteiger partial charge in [-0.1, -0.05) is 11.3 Å². The number of aryl methyl sites for hydroxylation is 1. The van der Waals surface area contributed by atoms with Crippen LogP contribution >= 0.6 is 11.3 Å². The van der Waals surface area contributed by atoms with Crippen molar-refractivity contribution in [2.24, 2.45) is 0 Å². The molecule has 25 heavy (non-hydrogen) atoms. The molecule has 0 spiro atoms. The summed E-state index contributed by atoms with van der Waals surface area (Å²) in [7, 11) is -3.85. The fourth-order valence-corrected chi connectivity index (χ4v) is 4.39. The third-order valence-electron chi connectivity index (χ3n) is 3.58. The quantitative estimate of drug-likeness (QED) is 0.873. The average Bonchev–Trinajstić information content (AvgIpc) is 2.89. The van der Waals surface area contributed by atoms with Crippen molar-refractivity contribution in [1.82, 2.24) is 10.2 Å². The Labute approximate surface area is 149 Å². The van der Waals surface area contributed by atoms with Gasteiger partial charge in [0.25, 0.3) is 10.0 Å². The molecule has 1 aliphatic heterocycles. The molecule has 2 aromatic rings. The number of nitrogens with zero attached hydrogens (tertiary/aromatic N) is 3. The number of carbonyl (C=O) groups is 1. The van der Waals surface area contributed by atoms with Crippen LogP contribution < -0.4 is 14.4 Å². The van der Waals surface area contributed by atoms with Gasteiger partial charge in [0.15, 0.2) is 0 Å². The fourth-order valence-electron chi connectivity index (χ4n) is 2.55. The Hall–Kier alpha value is -2.20. The van der Waals surface area contributed by atoms with Crippen molar-refractivity contribution in [3.8, 4) is 5.75 Å². The molecule has 1 amide bonds. The molecule has 1 aliphatic rings. The SMILES string of the molecule is CC(=O)N1CC(C)(C)Oc2ccc(S(=O)(=O)Nc3nnc(C)s3)cc21. The molecule has 0 saturated heterocycles. The van der Waals surface area contributed by atoms with E-state index in [0.717, 1.165) is 11.3 Å². The van der Waals surface area contributed by atoms with Gasteiger partial charge in [0, 0.05) is 6.92 Å². The van der Waals surface area contributed by atoms with E-state index in [1.165, 1.54) is 24.0 Å². The smallest absolute Gasteiger partial charge is 0.263 e. The highest BCUT2D eigenvalue weighted by molar-refractivity contribution is 7.93. The molecule has 1 aromatic carbocycles. The number of hydrogen-bond donors (Lipinski definition) is 1. The standard InChI is InChI=1S/C15H18N4O4S2/c1-9-16-17-14(24-9)18-25(21,22)11-5-6-13-12(7-11)19(10(2)20)8-15(3,4)23-13/h5-7H,8H2,1-4H3,(H,17,18). The van der Waals surface area contributed by atoms with Crippen molar-refractivity contribution in [3.05, 3.63) is 23.2 Å². The van der Waals surface area contributed by atoms with Gasteiger partial charge in [-0.25, -0.2) is 8.42 Å². The lowest BCUT2D eigenvalue weighted by molar-refractivity contribution is -0.117. The zero-order valence-corrected chi connectivity index (χ0v) is 15.9. The van der Waals surface area contributed by atoms with E-state index in [9.17, 15) is 13.2 Å². The second kappa shape index (κ2) is 5.95. The molecule has 0 aliphatic carbocycles. The summed E-state index contributed by atoms with van der Waals surface area (Å²) in [5, 5.41) is 8.39. The number of sulfonamides is 1. The molecule has 0 fully saturated rings. The number of anilines is 2. The lowest BCUT2D eigenvalue weighted by Crippen LogP contribution is -2.48. The average molecular weight is 382 g/mol. The fraction of sp³-hybridized carbons (Fsp3) is 0.400. The van der Waals surface area contributed by atoms with Gasteiger partial charge in [-0.2, -0.15) is 0 Å². The summed E-state index contributed by atoms with van der Waals surface area (Å²) >= 11 is 1.14. The summed E-state index contributed by atoms with van der Waals surface area (Å²) in [5.41, 5.74) is -0.121. The summed E-state index contributed by atoms with van der Waals surface area (Å²) in [4.78, 5) is 13.5. The number of benzene rings is 1. The van der Waals surface area contributed by atoms with Crippen LogP contribution in [0.25, 0.3) is 0 Å². The highest BCUT2D eigenvalue weighted by Crippen LogP contribution is 2.38. The van der Waals surface area contributed by atoms with E-state index in [0.29, 0.717) is 23.0 Å². The van der Waals surface area contributed by atoms with Gasteiger partial charge in [-0.3, -0.25) is 9.52 Å². The van der Waals surface area contributed by atoms with Crippen molar-refractivity contribution < 1.29 is 17.9 Å². The third-order valence-corrected chi connectivity index (χ3v) is 5.80. The number of ether oxygens (including phenoxy) is 1. The van der Waals surface area contributed by atoms with Crippen LogP contribution in [0.5, 0.6) is 5.75 Å². The Morgan fingerprint density at radius 2 is 2.08 bits per heavy atom. The first-order valence-corrected chi connectivity index (χ1v) is 9.81. The molecule has 8 nitrogen and oxygen atoms in total. The first-order chi connectivity index (χ1) is 11.6. The molecule has 10 heteroatoms. The molecule has 2 heterocycles. The van der Waals surface area contributed by atoms with Crippen LogP contribution in [0.2, 0.25) is 0 Å². The van der Waals surface area contributed by atoms with Gasteiger partial charge in [0.1, 0.15) is 16.4 Å². The second-order valence-corrected chi connectivity index (χ2v) is 9.19. The number of aromatic nitrogens is 2. The maximum Gasteiger partial charge on any atom is 0.263 e. The van der Waals surface area contributed by atoms with Gasteiger partial charge in [-0.05, 0) is 39.0 Å². The van der Waals surface area contributed by atoms with Crippen molar-refractivity contribution in [2.75, 3.05) is 16.2 Å². The van der Waals surface area contributed by atoms with Gasteiger partial charge in [0.05, 0.1) is 17.1 Å². The van der Waals surface area contributed by atoms with E-state index >= 15 is 0 Å².